The number of aromatic amines is 1. The second-order valence-electron chi connectivity index (χ2n) is 6.46. The SMILES string of the molecule is CN(C)C(=O)Cn1cnc(-c2ccc(F)cc2)c1-c1ccnc2[nH]ccc12. The molecule has 4 aromatic rings. The highest BCUT2D eigenvalue weighted by atomic mass is 19.1. The van der Waals surface area contributed by atoms with Gasteiger partial charge in [-0.3, -0.25) is 4.79 Å². The molecule has 1 amide bonds. The number of carbonyl (C=O) groups excluding carboxylic acids is 1. The van der Waals surface area contributed by atoms with Gasteiger partial charge in [-0.05, 0) is 36.4 Å². The van der Waals surface area contributed by atoms with E-state index in [-0.39, 0.29) is 18.3 Å². The quantitative estimate of drug-likeness (QED) is 0.605. The first-order valence-electron chi connectivity index (χ1n) is 8.48. The van der Waals surface area contributed by atoms with Gasteiger partial charge in [0.2, 0.25) is 5.91 Å². The molecule has 0 aliphatic carbocycles. The van der Waals surface area contributed by atoms with E-state index in [9.17, 15) is 9.18 Å². The number of nitrogens with one attached hydrogen (secondary N) is 1. The van der Waals surface area contributed by atoms with Crippen molar-refractivity contribution in [3.8, 4) is 22.5 Å². The van der Waals surface area contributed by atoms with Gasteiger partial charge in [-0.1, -0.05) is 0 Å². The average Bonchev–Trinajstić information content (AvgIpc) is 3.29. The minimum atomic E-state index is -0.306. The maximum atomic E-state index is 13.4. The molecule has 0 saturated heterocycles. The summed E-state index contributed by atoms with van der Waals surface area (Å²) in [5.74, 6) is -0.349. The third-order valence-corrected chi connectivity index (χ3v) is 4.48. The average molecular weight is 363 g/mol. The van der Waals surface area contributed by atoms with Crippen LogP contribution in [0.2, 0.25) is 0 Å². The number of nitrogens with zero attached hydrogens (tertiary/aromatic N) is 4. The summed E-state index contributed by atoms with van der Waals surface area (Å²) in [5.41, 5.74) is 3.93. The molecule has 0 fully saturated rings. The number of H-pyrrole nitrogens is 1. The third kappa shape index (κ3) is 3.08. The lowest BCUT2D eigenvalue weighted by atomic mass is 10.0. The Morgan fingerprint density at radius 2 is 1.93 bits per heavy atom. The minimum Gasteiger partial charge on any atom is -0.347 e. The van der Waals surface area contributed by atoms with E-state index in [0.29, 0.717) is 5.69 Å². The zero-order valence-corrected chi connectivity index (χ0v) is 15.0. The Morgan fingerprint density at radius 3 is 2.67 bits per heavy atom. The van der Waals surface area contributed by atoms with E-state index in [2.05, 4.69) is 15.0 Å². The molecular formula is C20H18FN5O. The largest absolute Gasteiger partial charge is 0.347 e. The monoisotopic (exact) mass is 363 g/mol. The Balaban J connectivity index is 1.93. The van der Waals surface area contributed by atoms with E-state index in [1.807, 2.05) is 22.9 Å². The Labute approximate surface area is 155 Å². The molecule has 0 atom stereocenters. The summed E-state index contributed by atoms with van der Waals surface area (Å²) in [7, 11) is 3.44. The van der Waals surface area contributed by atoms with Gasteiger partial charge < -0.3 is 14.5 Å². The molecule has 1 N–H and O–H groups in total. The topological polar surface area (TPSA) is 66.8 Å². The predicted octanol–water partition coefficient (Wildman–Crippen LogP) is 3.32. The van der Waals surface area contributed by atoms with Gasteiger partial charge in [-0.2, -0.15) is 0 Å². The van der Waals surface area contributed by atoms with Crippen molar-refractivity contribution in [2.45, 2.75) is 6.54 Å². The lowest BCUT2D eigenvalue weighted by Crippen LogP contribution is -2.26. The summed E-state index contributed by atoms with van der Waals surface area (Å²) < 4.78 is 15.2. The van der Waals surface area contributed by atoms with Crippen molar-refractivity contribution in [2.24, 2.45) is 0 Å². The first-order chi connectivity index (χ1) is 13.0. The number of hydrogen-bond donors (Lipinski definition) is 1. The van der Waals surface area contributed by atoms with E-state index in [4.69, 9.17) is 0 Å². The predicted molar refractivity (Wildman–Crippen MR) is 101 cm³/mol. The second kappa shape index (κ2) is 6.68. The van der Waals surface area contributed by atoms with Crippen LogP contribution in [0.3, 0.4) is 0 Å². The zero-order chi connectivity index (χ0) is 19.0. The number of imidazole rings is 1. The van der Waals surface area contributed by atoms with Crippen LogP contribution in [-0.2, 0) is 11.3 Å². The molecule has 0 radical (unpaired) electrons. The number of benzene rings is 1. The summed E-state index contributed by atoms with van der Waals surface area (Å²) >= 11 is 0. The van der Waals surface area contributed by atoms with Crippen molar-refractivity contribution in [3.63, 3.8) is 0 Å². The highest BCUT2D eigenvalue weighted by Gasteiger charge is 2.19. The van der Waals surface area contributed by atoms with Crippen LogP contribution in [-0.4, -0.2) is 44.4 Å². The van der Waals surface area contributed by atoms with Crippen molar-refractivity contribution in [3.05, 3.63) is 60.9 Å². The van der Waals surface area contributed by atoms with Gasteiger partial charge in [0, 0.05) is 43.0 Å². The number of pyridine rings is 1. The van der Waals surface area contributed by atoms with Gasteiger partial charge in [-0.15, -0.1) is 0 Å². The Morgan fingerprint density at radius 1 is 1.15 bits per heavy atom. The molecule has 0 spiro atoms. The maximum Gasteiger partial charge on any atom is 0.242 e. The number of amides is 1. The van der Waals surface area contributed by atoms with Gasteiger partial charge in [-0.25, -0.2) is 14.4 Å². The van der Waals surface area contributed by atoms with E-state index in [0.717, 1.165) is 27.9 Å². The number of aromatic nitrogens is 4. The number of halogens is 1. The number of rotatable bonds is 4. The van der Waals surface area contributed by atoms with Crippen molar-refractivity contribution in [1.82, 2.24) is 24.4 Å². The molecule has 4 rings (SSSR count). The maximum absolute atomic E-state index is 13.4. The van der Waals surface area contributed by atoms with Gasteiger partial charge in [0.05, 0.1) is 17.7 Å². The normalized spacial score (nSPS) is 11.1. The van der Waals surface area contributed by atoms with E-state index >= 15 is 0 Å². The van der Waals surface area contributed by atoms with Crippen LogP contribution in [0, 0.1) is 5.82 Å². The fraction of sp³-hybridized carbons (Fsp3) is 0.150. The molecule has 1 aromatic carbocycles. The summed E-state index contributed by atoms with van der Waals surface area (Å²) in [4.78, 5) is 25.8. The van der Waals surface area contributed by atoms with Crippen molar-refractivity contribution in [1.29, 1.82) is 0 Å². The van der Waals surface area contributed by atoms with Crippen LogP contribution < -0.4 is 0 Å². The number of carbonyl (C=O) groups is 1. The first kappa shape index (κ1) is 17.0. The van der Waals surface area contributed by atoms with Crippen molar-refractivity contribution in [2.75, 3.05) is 14.1 Å². The summed E-state index contributed by atoms with van der Waals surface area (Å²) in [5, 5.41) is 0.930. The summed E-state index contributed by atoms with van der Waals surface area (Å²) in [6.45, 7) is 0.158. The van der Waals surface area contributed by atoms with Gasteiger partial charge in [0.1, 0.15) is 18.0 Å². The Hall–Kier alpha value is -3.48. The molecule has 0 unspecified atom stereocenters. The molecule has 7 heteroatoms. The van der Waals surface area contributed by atoms with E-state index in [1.165, 1.54) is 12.1 Å². The highest BCUT2D eigenvalue weighted by Crippen LogP contribution is 2.35. The van der Waals surface area contributed by atoms with Crippen LogP contribution in [0.5, 0.6) is 0 Å². The number of likely N-dealkylation sites (N-methyl/N-ethyl adjacent to an activating group) is 1. The first-order valence-corrected chi connectivity index (χ1v) is 8.48. The van der Waals surface area contributed by atoms with Crippen molar-refractivity contribution < 1.29 is 9.18 Å². The number of hydrogen-bond acceptors (Lipinski definition) is 3. The molecule has 27 heavy (non-hydrogen) atoms. The molecule has 3 heterocycles. The third-order valence-electron chi connectivity index (χ3n) is 4.48. The lowest BCUT2D eigenvalue weighted by molar-refractivity contribution is -0.129. The molecule has 0 saturated carbocycles. The lowest BCUT2D eigenvalue weighted by Gasteiger charge is -2.14. The van der Waals surface area contributed by atoms with Crippen LogP contribution in [0.1, 0.15) is 0 Å². The second-order valence-corrected chi connectivity index (χ2v) is 6.46. The van der Waals surface area contributed by atoms with Crippen LogP contribution in [0.25, 0.3) is 33.5 Å². The Kier molecular flexibility index (Phi) is 4.19. The highest BCUT2D eigenvalue weighted by molar-refractivity contribution is 5.96. The minimum absolute atomic E-state index is 0.0429. The Bertz CT molecular complexity index is 1110. The molecule has 0 bridgehead atoms. The van der Waals surface area contributed by atoms with Crippen LogP contribution in [0.15, 0.2) is 55.1 Å². The standard InChI is InChI=1S/C20H18FN5O/c1-25(2)17(27)11-26-12-24-18(13-3-5-14(21)6-4-13)19(26)15-7-9-22-20-16(15)8-10-23-20/h3-10,12H,11H2,1-2H3,(H,22,23). The summed E-state index contributed by atoms with van der Waals surface area (Å²) in [6.07, 6.45) is 5.19. The van der Waals surface area contributed by atoms with E-state index in [1.54, 1.807) is 43.7 Å². The molecule has 3 aromatic heterocycles. The van der Waals surface area contributed by atoms with E-state index < -0.39 is 0 Å². The fourth-order valence-corrected chi connectivity index (χ4v) is 3.06. The molecular weight excluding hydrogens is 345 g/mol. The smallest absolute Gasteiger partial charge is 0.242 e. The fourth-order valence-electron chi connectivity index (χ4n) is 3.06. The molecule has 6 nitrogen and oxygen atoms in total. The molecule has 136 valence electrons. The molecule has 0 aliphatic rings. The van der Waals surface area contributed by atoms with Crippen molar-refractivity contribution >= 4 is 16.9 Å². The van der Waals surface area contributed by atoms with Gasteiger partial charge in [0.25, 0.3) is 0 Å². The van der Waals surface area contributed by atoms with Crippen LogP contribution >= 0.6 is 0 Å². The zero-order valence-electron chi connectivity index (χ0n) is 15.0. The summed E-state index contributed by atoms with van der Waals surface area (Å²) in [6, 6.07) is 10.0. The van der Waals surface area contributed by atoms with Gasteiger partial charge >= 0.3 is 0 Å². The molecule has 0 aliphatic heterocycles. The van der Waals surface area contributed by atoms with Crippen LogP contribution in [0.4, 0.5) is 4.39 Å². The number of fused-ring (bicyclic) bond motifs is 1. The van der Waals surface area contributed by atoms with Gasteiger partial charge in [0.15, 0.2) is 0 Å².